The molecule has 1 aliphatic rings. The quantitative estimate of drug-likeness (QED) is 0.755. The van der Waals surface area contributed by atoms with Crippen LogP contribution in [0.5, 0.6) is 0 Å². The van der Waals surface area contributed by atoms with E-state index in [-0.39, 0.29) is 5.91 Å². The van der Waals surface area contributed by atoms with Crippen molar-refractivity contribution in [1.82, 2.24) is 15.2 Å². The second kappa shape index (κ2) is 7.98. The third-order valence-electron chi connectivity index (χ3n) is 3.80. The van der Waals surface area contributed by atoms with Crippen LogP contribution < -0.4 is 10.6 Å². The van der Waals surface area contributed by atoms with E-state index >= 15 is 0 Å². The number of carbonyl (C=O) groups is 1. The van der Waals surface area contributed by atoms with Gasteiger partial charge in [-0.05, 0) is 52.0 Å². The van der Waals surface area contributed by atoms with Crippen molar-refractivity contribution in [2.24, 2.45) is 0 Å². The maximum Gasteiger partial charge on any atom is 0.251 e. The zero-order valence-electron chi connectivity index (χ0n) is 13.1. The van der Waals surface area contributed by atoms with Gasteiger partial charge in [-0.1, -0.05) is 12.8 Å². The maximum atomic E-state index is 12.2. The molecule has 2 rings (SSSR count). The molecular weight excluding hydrogens is 264 g/mol. The standard InChI is InChI=1S/C16H26N4O/c1-20(2)11-5-9-17-15-12-13(8-10-18-15)16(21)19-14-6-3-4-7-14/h8,10,12,14H,3-7,9,11H2,1-2H3,(H,17,18)(H,19,21). The van der Waals surface area contributed by atoms with Crippen LogP contribution >= 0.6 is 0 Å². The lowest BCUT2D eigenvalue weighted by Gasteiger charge is -2.13. The van der Waals surface area contributed by atoms with Crippen LogP contribution in [-0.2, 0) is 0 Å². The van der Waals surface area contributed by atoms with Crippen LogP contribution in [0.2, 0.25) is 0 Å². The number of carbonyl (C=O) groups excluding carboxylic acids is 1. The fraction of sp³-hybridized carbons (Fsp3) is 0.625. The summed E-state index contributed by atoms with van der Waals surface area (Å²) in [5.74, 6) is 0.786. The van der Waals surface area contributed by atoms with E-state index in [2.05, 4.69) is 34.6 Å². The molecule has 21 heavy (non-hydrogen) atoms. The Kier molecular flexibility index (Phi) is 5.99. The summed E-state index contributed by atoms with van der Waals surface area (Å²) in [6.45, 7) is 1.90. The first kappa shape index (κ1) is 15.8. The summed E-state index contributed by atoms with van der Waals surface area (Å²) in [6, 6.07) is 3.96. The minimum atomic E-state index is 0.0145. The molecule has 0 unspecified atom stereocenters. The molecule has 0 radical (unpaired) electrons. The molecule has 1 aromatic rings. The lowest BCUT2D eigenvalue weighted by Crippen LogP contribution is -2.32. The van der Waals surface area contributed by atoms with E-state index in [4.69, 9.17) is 0 Å². The molecule has 0 aliphatic heterocycles. The van der Waals surface area contributed by atoms with Gasteiger partial charge in [-0.3, -0.25) is 4.79 Å². The highest BCUT2D eigenvalue weighted by molar-refractivity contribution is 5.95. The molecule has 5 heteroatoms. The molecular formula is C16H26N4O. The molecule has 1 amide bonds. The molecule has 1 aromatic heterocycles. The minimum absolute atomic E-state index is 0.0145. The largest absolute Gasteiger partial charge is 0.370 e. The van der Waals surface area contributed by atoms with Crippen LogP contribution in [-0.4, -0.2) is 49.0 Å². The summed E-state index contributed by atoms with van der Waals surface area (Å²) >= 11 is 0. The number of rotatable bonds is 7. The molecule has 1 aliphatic carbocycles. The highest BCUT2D eigenvalue weighted by atomic mass is 16.1. The Bertz CT molecular complexity index is 455. The highest BCUT2D eigenvalue weighted by Gasteiger charge is 2.18. The third-order valence-corrected chi connectivity index (χ3v) is 3.80. The van der Waals surface area contributed by atoms with Gasteiger partial charge in [-0.2, -0.15) is 0 Å². The van der Waals surface area contributed by atoms with Crippen molar-refractivity contribution < 1.29 is 4.79 Å². The molecule has 0 atom stereocenters. The number of nitrogens with zero attached hydrogens (tertiary/aromatic N) is 2. The number of hydrogen-bond acceptors (Lipinski definition) is 4. The van der Waals surface area contributed by atoms with Gasteiger partial charge in [0.25, 0.3) is 5.91 Å². The average molecular weight is 290 g/mol. The van der Waals surface area contributed by atoms with Crippen LogP contribution in [0.3, 0.4) is 0 Å². The van der Waals surface area contributed by atoms with E-state index in [1.54, 1.807) is 12.3 Å². The first-order chi connectivity index (χ1) is 10.1. The van der Waals surface area contributed by atoms with Crippen molar-refractivity contribution in [1.29, 1.82) is 0 Å². The number of amides is 1. The van der Waals surface area contributed by atoms with E-state index in [9.17, 15) is 4.79 Å². The van der Waals surface area contributed by atoms with Gasteiger partial charge < -0.3 is 15.5 Å². The third kappa shape index (κ3) is 5.34. The number of hydrogen-bond donors (Lipinski definition) is 2. The van der Waals surface area contributed by atoms with E-state index in [0.717, 1.165) is 38.2 Å². The molecule has 1 heterocycles. The summed E-state index contributed by atoms with van der Waals surface area (Å²) in [6.07, 6.45) is 7.39. The van der Waals surface area contributed by atoms with Crippen LogP contribution in [0.15, 0.2) is 18.3 Å². The van der Waals surface area contributed by atoms with Crippen molar-refractivity contribution in [2.75, 3.05) is 32.5 Å². The summed E-state index contributed by atoms with van der Waals surface area (Å²) in [5.41, 5.74) is 0.687. The second-order valence-electron chi connectivity index (χ2n) is 5.97. The van der Waals surface area contributed by atoms with Crippen LogP contribution in [0.1, 0.15) is 42.5 Å². The van der Waals surface area contributed by atoms with E-state index in [0.29, 0.717) is 11.6 Å². The monoisotopic (exact) mass is 290 g/mol. The molecule has 0 spiro atoms. The predicted octanol–water partition coefficient (Wildman–Crippen LogP) is 2.12. The van der Waals surface area contributed by atoms with Gasteiger partial charge in [0.05, 0.1) is 0 Å². The number of anilines is 1. The Balaban J connectivity index is 1.83. The summed E-state index contributed by atoms with van der Waals surface area (Å²) in [7, 11) is 4.12. The normalized spacial score (nSPS) is 15.4. The second-order valence-corrected chi connectivity index (χ2v) is 5.97. The average Bonchev–Trinajstić information content (AvgIpc) is 2.96. The highest BCUT2D eigenvalue weighted by Crippen LogP contribution is 2.18. The fourth-order valence-electron chi connectivity index (χ4n) is 2.62. The Labute approximate surface area is 127 Å². The Morgan fingerprint density at radius 1 is 1.38 bits per heavy atom. The van der Waals surface area contributed by atoms with Crippen molar-refractivity contribution >= 4 is 11.7 Å². The summed E-state index contributed by atoms with van der Waals surface area (Å²) in [4.78, 5) is 18.6. The van der Waals surface area contributed by atoms with Gasteiger partial charge in [-0.25, -0.2) is 4.98 Å². The Hall–Kier alpha value is -1.62. The van der Waals surface area contributed by atoms with Gasteiger partial charge in [0, 0.05) is 24.3 Å². The fourth-order valence-corrected chi connectivity index (χ4v) is 2.62. The molecule has 0 aromatic carbocycles. The predicted molar refractivity (Wildman–Crippen MR) is 85.6 cm³/mol. The molecule has 1 fully saturated rings. The van der Waals surface area contributed by atoms with E-state index in [1.807, 2.05) is 6.07 Å². The molecule has 1 saturated carbocycles. The van der Waals surface area contributed by atoms with Gasteiger partial charge in [-0.15, -0.1) is 0 Å². The number of nitrogens with one attached hydrogen (secondary N) is 2. The number of aromatic nitrogens is 1. The van der Waals surface area contributed by atoms with Crippen molar-refractivity contribution in [3.05, 3.63) is 23.9 Å². The zero-order chi connectivity index (χ0) is 15.1. The molecule has 116 valence electrons. The van der Waals surface area contributed by atoms with E-state index in [1.165, 1.54) is 12.8 Å². The summed E-state index contributed by atoms with van der Waals surface area (Å²) in [5, 5.41) is 6.37. The zero-order valence-corrected chi connectivity index (χ0v) is 13.1. The van der Waals surface area contributed by atoms with E-state index < -0.39 is 0 Å². The van der Waals surface area contributed by atoms with Crippen molar-refractivity contribution in [3.8, 4) is 0 Å². The van der Waals surface area contributed by atoms with Crippen LogP contribution in [0, 0.1) is 0 Å². The van der Waals surface area contributed by atoms with Crippen molar-refractivity contribution in [2.45, 2.75) is 38.1 Å². The number of pyridine rings is 1. The molecule has 0 saturated heterocycles. The van der Waals surface area contributed by atoms with Gasteiger partial charge >= 0.3 is 0 Å². The summed E-state index contributed by atoms with van der Waals surface area (Å²) < 4.78 is 0. The molecule has 2 N–H and O–H groups in total. The topological polar surface area (TPSA) is 57.3 Å². The SMILES string of the molecule is CN(C)CCCNc1cc(C(=O)NC2CCCC2)ccn1. The smallest absolute Gasteiger partial charge is 0.251 e. The maximum absolute atomic E-state index is 12.2. The van der Waals surface area contributed by atoms with Crippen molar-refractivity contribution in [3.63, 3.8) is 0 Å². The Morgan fingerprint density at radius 2 is 2.14 bits per heavy atom. The van der Waals surface area contributed by atoms with Gasteiger partial charge in [0.2, 0.25) is 0 Å². The molecule has 5 nitrogen and oxygen atoms in total. The minimum Gasteiger partial charge on any atom is -0.370 e. The first-order valence-electron chi connectivity index (χ1n) is 7.80. The lowest BCUT2D eigenvalue weighted by molar-refractivity contribution is 0.0938. The van der Waals surface area contributed by atoms with Crippen LogP contribution in [0.25, 0.3) is 0 Å². The molecule has 0 bridgehead atoms. The Morgan fingerprint density at radius 3 is 2.86 bits per heavy atom. The van der Waals surface area contributed by atoms with Gasteiger partial charge in [0.15, 0.2) is 0 Å². The van der Waals surface area contributed by atoms with Gasteiger partial charge in [0.1, 0.15) is 5.82 Å². The first-order valence-corrected chi connectivity index (χ1v) is 7.80. The van der Waals surface area contributed by atoms with Crippen LogP contribution in [0.4, 0.5) is 5.82 Å². The lowest BCUT2D eigenvalue weighted by atomic mass is 10.2.